The molecule has 1 heterocycles. The lowest BCUT2D eigenvalue weighted by molar-refractivity contribution is 0.176. The van der Waals surface area contributed by atoms with Gasteiger partial charge in [-0.3, -0.25) is 0 Å². The average molecular weight is 330 g/mol. The van der Waals surface area contributed by atoms with E-state index in [1.807, 2.05) is 11.3 Å². The number of thiophene rings is 1. The normalized spacial score (nSPS) is 28.5. The zero-order valence-corrected chi connectivity index (χ0v) is 13.6. The lowest BCUT2D eigenvalue weighted by Gasteiger charge is -2.35. The summed E-state index contributed by atoms with van der Waals surface area (Å²) in [4.78, 5) is 1.51. The van der Waals surface area contributed by atoms with Crippen LogP contribution in [0, 0.1) is 17.8 Å². The van der Waals surface area contributed by atoms with E-state index in [1.54, 1.807) is 0 Å². The van der Waals surface area contributed by atoms with Crippen molar-refractivity contribution in [1.29, 1.82) is 0 Å². The Hall–Kier alpha value is 0.140. The predicted octanol–water partition coefficient (Wildman–Crippen LogP) is 4.84. The molecule has 3 unspecified atom stereocenters. The van der Waals surface area contributed by atoms with E-state index >= 15 is 0 Å². The Bertz CT molecular complexity index is 363. The van der Waals surface area contributed by atoms with Gasteiger partial charge in [0.1, 0.15) is 0 Å². The van der Waals surface area contributed by atoms with E-state index in [0.29, 0.717) is 0 Å². The van der Waals surface area contributed by atoms with Crippen LogP contribution in [-0.4, -0.2) is 6.54 Å². The molecule has 3 atom stereocenters. The Balaban J connectivity index is 2.00. The van der Waals surface area contributed by atoms with Crippen LogP contribution >= 0.6 is 27.3 Å². The topological polar surface area (TPSA) is 26.0 Å². The highest BCUT2D eigenvalue weighted by Gasteiger charge is 2.29. The van der Waals surface area contributed by atoms with Crippen molar-refractivity contribution in [3.63, 3.8) is 0 Å². The van der Waals surface area contributed by atoms with Gasteiger partial charge in [0, 0.05) is 9.35 Å². The maximum Gasteiger partial charge on any atom is 0.0314 e. The van der Waals surface area contributed by atoms with Crippen LogP contribution in [0.2, 0.25) is 0 Å². The van der Waals surface area contributed by atoms with Gasteiger partial charge >= 0.3 is 0 Å². The fourth-order valence-electron chi connectivity index (χ4n) is 3.36. The molecule has 1 aromatic rings. The fourth-order valence-corrected chi connectivity index (χ4v) is 4.97. The molecular weight excluding hydrogens is 306 g/mol. The summed E-state index contributed by atoms with van der Waals surface area (Å²) in [5.74, 6) is 2.49. The Labute approximate surface area is 123 Å². The van der Waals surface area contributed by atoms with E-state index in [1.165, 1.54) is 47.9 Å². The summed E-state index contributed by atoms with van der Waals surface area (Å²) in [6.07, 6.45) is 8.08. The van der Waals surface area contributed by atoms with Crippen LogP contribution in [0.5, 0.6) is 0 Å². The molecule has 0 bridgehead atoms. The van der Waals surface area contributed by atoms with Gasteiger partial charge in [-0.05, 0) is 70.9 Å². The second kappa shape index (κ2) is 7.06. The SMILES string of the molecule is CCCC1CCC(CN)C(Cc2sccc2Br)C1. The summed E-state index contributed by atoms with van der Waals surface area (Å²) in [6.45, 7) is 3.17. The van der Waals surface area contributed by atoms with Crippen LogP contribution in [0.3, 0.4) is 0 Å². The van der Waals surface area contributed by atoms with Crippen LogP contribution in [0.4, 0.5) is 0 Å². The molecule has 1 fully saturated rings. The molecule has 3 heteroatoms. The summed E-state index contributed by atoms with van der Waals surface area (Å²) in [6, 6.07) is 2.17. The minimum absolute atomic E-state index is 0.743. The summed E-state index contributed by atoms with van der Waals surface area (Å²) in [5, 5.41) is 2.18. The Kier molecular flexibility index (Phi) is 5.71. The highest BCUT2D eigenvalue weighted by molar-refractivity contribution is 9.10. The lowest BCUT2D eigenvalue weighted by Crippen LogP contribution is -2.31. The maximum atomic E-state index is 5.97. The van der Waals surface area contributed by atoms with Crippen LogP contribution < -0.4 is 5.73 Å². The molecule has 18 heavy (non-hydrogen) atoms. The third-order valence-electron chi connectivity index (χ3n) is 4.39. The van der Waals surface area contributed by atoms with Gasteiger partial charge in [0.15, 0.2) is 0 Å². The molecule has 102 valence electrons. The Morgan fingerprint density at radius 3 is 2.83 bits per heavy atom. The van der Waals surface area contributed by atoms with Gasteiger partial charge in [-0.2, -0.15) is 0 Å². The van der Waals surface area contributed by atoms with Gasteiger partial charge in [0.05, 0.1) is 0 Å². The van der Waals surface area contributed by atoms with Crippen LogP contribution in [-0.2, 0) is 6.42 Å². The number of halogens is 1. The summed E-state index contributed by atoms with van der Waals surface area (Å²) in [7, 11) is 0. The smallest absolute Gasteiger partial charge is 0.0314 e. The predicted molar refractivity (Wildman–Crippen MR) is 84.0 cm³/mol. The first-order valence-corrected chi connectivity index (χ1v) is 8.83. The molecule has 0 spiro atoms. The first-order chi connectivity index (χ1) is 8.74. The molecule has 2 rings (SSSR count). The largest absolute Gasteiger partial charge is 0.330 e. The molecule has 0 aromatic carbocycles. The van der Waals surface area contributed by atoms with Crippen molar-refractivity contribution in [2.75, 3.05) is 6.54 Å². The number of rotatable bonds is 5. The van der Waals surface area contributed by atoms with Crippen LogP contribution in [0.25, 0.3) is 0 Å². The summed E-state index contributed by atoms with van der Waals surface area (Å²) < 4.78 is 1.29. The minimum Gasteiger partial charge on any atom is -0.330 e. The Morgan fingerprint density at radius 1 is 1.39 bits per heavy atom. The molecule has 1 aliphatic carbocycles. The monoisotopic (exact) mass is 329 g/mol. The molecule has 0 radical (unpaired) electrons. The summed E-state index contributed by atoms with van der Waals surface area (Å²) in [5.41, 5.74) is 5.97. The molecule has 0 saturated heterocycles. The van der Waals surface area contributed by atoms with Crippen molar-refractivity contribution in [2.45, 2.75) is 45.4 Å². The van der Waals surface area contributed by atoms with Crippen molar-refractivity contribution in [2.24, 2.45) is 23.5 Å². The van der Waals surface area contributed by atoms with E-state index in [9.17, 15) is 0 Å². The van der Waals surface area contributed by atoms with Gasteiger partial charge in [-0.15, -0.1) is 11.3 Å². The fraction of sp³-hybridized carbons (Fsp3) is 0.733. The van der Waals surface area contributed by atoms with Crippen molar-refractivity contribution >= 4 is 27.3 Å². The minimum atomic E-state index is 0.743. The van der Waals surface area contributed by atoms with Crippen LogP contribution in [0.15, 0.2) is 15.9 Å². The van der Waals surface area contributed by atoms with Gasteiger partial charge in [0.2, 0.25) is 0 Å². The van der Waals surface area contributed by atoms with E-state index in [0.717, 1.165) is 24.3 Å². The van der Waals surface area contributed by atoms with Crippen molar-refractivity contribution < 1.29 is 0 Å². The third kappa shape index (κ3) is 3.58. The molecule has 1 nitrogen and oxygen atoms in total. The molecule has 0 aliphatic heterocycles. The Morgan fingerprint density at radius 2 is 2.22 bits per heavy atom. The van der Waals surface area contributed by atoms with E-state index in [4.69, 9.17) is 5.73 Å². The van der Waals surface area contributed by atoms with Gasteiger partial charge in [0.25, 0.3) is 0 Å². The van der Waals surface area contributed by atoms with Crippen molar-refractivity contribution in [3.8, 4) is 0 Å². The first kappa shape index (κ1) is 14.5. The highest BCUT2D eigenvalue weighted by Crippen LogP contribution is 2.39. The first-order valence-electron chi connectivity index (χ1n) is 7.16. The zero-order chi connectivity index (χ0) is 13.0. The van der Waals surface area contributed by atoms with E-state index in [2.05, 4.69) is 34.3 Å². The highest BCUT2D eigenvalue weighted by atomic mass is 79.9. The zero-order valence-electron chi connectivity index (χ0n) is 11.2. The number of nitrogens with two attached hydrogens (primary N) is 1. The average Bonchev–Trinajstić information content (AvgIpc) is 2.76. The third-order valence-corrected chi connectivity index (χ3v) is 6.34. The van der Waals surface area contributed by atoms with Crippen molar-refractivity contribution in [3.05, 3.63) is 20.8 Å². The van der Waals surface area contributed by atoms with Crippen molar-refractivity contribution in [1.82, 2.24) is 0 Å². The van der Waals surface area contributed by atoms with Gasteiger partial charge < -0.3 is 5.73 Å². The van der Waals surface area contributed by atoms with Gasteiger partial charge in [-0.1, -0.05) is 26.2 Å². The second-order valence-corrected chi connectivity index (χ2v) is 7.47. The van der Waals surface area contributed by atoms with E-state index in [-0.39, 0.29) is 0 Å². The molecule has 1 saturated carbocycles. The maximum absolute atomic E-state index is 5.97. The molecule has 1 aromatic heterocycles. The van der Waals surface area contributed by atoms with Gasteiger partial charge in [-0.25, -0.2) is 0 Å². The van der Waals surface area contributed by atoms with Crippen LogP contribution in [0.1, 0.15) is 43.9 Å². The number of hydrogen-bond acceptors (Lipinski definition) is 2. The lowest BCUT2D eigenvalue weighted by atomic mass is 9.71. The molecule has 0 amide bonds. The number of hydrogen-bond donors (Lipinski definition) is 1. The second-order valence-electron chi connectivity index (χ2n) is 5.62. The van der Waals surface area contributed by atoms with E-state index < -0.39 is 0 Å². The molecular formula is C15H24BrNS. The standard InChI is InChI=1S/C15H24BrNS/c1-2-3-11-4-5-12(10-17)13(8-11)9-15-14(16)6-7-18-15/h6-7,11-13H,2-5,8-10,17H2,1H3. The quantitative estimate of drug-likeness (QED) is 0.821. The summed E-state index contributed by atoms with van der Waals surface area (Å²) >= 11 is 5.54. The molecule has 2 N–H and O–H groups in total. The molecule has 1 aliphatic rings.